The number of pyridine rings is 1. The van der Waals surface area contributed by atoms with E-state index in [0.717, 1.165) is 22.5 Å². The third-order valence-corrected chi connectivity index (χ3v) is 3.14. The van der Waals surface area contributed by atoms with Crippen molar-refractivity contribution < 1.29 is 5.11 Å². The van der Waals surface area contributed by atoms with Crippen LogP contribution in [0.25, 0.3) is 16.9 Å². The first kappa shape index (κ1) is 11.1. The minimum Gasteiger partial charge on any atom is -0.508 e. The van der Waals surface area contributed by atoms with Crippen molar-refractivity contribution in [3.8, 4) is 17.1 Å². The number of aromatic hydroxyl groups is 1. The predicted octanol–water partition coefficient (Wildman–Crippen LogP) is 3.67. The molecule has 1 aromatic carbocycles. The van der Waals surface area contributed by atoms with Crippen molar-refractivity contribution in [1.82, 2.24) is 9.38 Å². The molecule has 0 bridgehead atoms. The maximum atomic E-state index is 9.53. The van der Waals surface area contributed by atoms with Gasteiger partial charge in [0.15, 0.2) is 5.15 Å². The fourth-order valence-electron chi connectivity index (χ4n) is 2.00. The molecule has 0 atom stereocenters. The van der Waals surface area contributed by atoms with Crippen LogP contribution in [0.5, 0.6) is 5.75 Å². The van der Waals surface area contributed by atoms with Crippen molar-refractivity contribution in [1.29, 1.82) is 0 Å². The van der Waals surface area contributed by atoms with Crippen LogP contribution >= 0.6 is 11.6 Å². The highest BCUT2D eigenvalue weighted by Crippen LogP contribution is 2.27. The van der Waals surface area contributed by atoms with Gasteiger partial charge in [0, 0.05) is 11.8 Å². The second kappa shape index (κ2) is 4.03. The maximum Gasteiger partial charge on any atom is 0.155 e. The molecule has 3 nitrogen and oxygen atoms in total. The zero-order chi connectivity index (χ0) is 12.7. The molecule has 1 N–H and O–H groups in total. The Labute approximate surface area is 109 Å². The van der Waals surface area contributed by atoms with Gasteiger partial charge in [-0.25, -0.2) is 4.98 Å². The summed E-state index contributed by atoms with van der Waals surface area (Å²) in [6.07, 6.45) is 1.93. The van der Waals surface area contributed by atoms with Crippen molar-refractivity contribution in [2.24, 2.45) is 0 Å². The second-order valence-corrected chi connectivity index (χ2v) is 4.59. The van der Waals surface area contributed by atoms with Crippen molar-refractivity contribution in [3.63, 3.8) is 0 Å². The Morgan fingerprint density at radius 2 is 2.06 bits per heavy atom. The zero-order valence-corrected chi connectivity index (χ0v) is 10.5. The van der Waals surface area contributed by atoms with E-state index >= 15 is 0 Å². The van der Waals surface area contributed by atoms with Crippen molar-refractivity contribution in [2.45, 2.75) is 6.92 Å². The molecule has 0 spiro atoms. The van der Waals surface area contributed by atoms with Crippen LogP contribution in [-0.4, -0.2) is 14.5 Å². The monoisotopic (exact) mass is 258 g/mol. The number of fused-ring (bicyclic) bond motifs is 1. The Balaban J connectivity index is 2.30. The molecule has 0 saturated heterocycles. The van der Waals surface area contributed by atoms with Crippen LogP contribution in [0, 0.1) is 6.92 Å². The Morgan fingerprint density at radius 3 is 2.83 bits per heavy atom. The van der Waals surface area contributed by atoms with E-state index in [0.29, 0.717) is 5.15 Å². The Kier molecular flexibility index (Phi) is 2.49. The molecule has 3 rings (SSSR count). The molecule has 0 unspecified atom stereocenters. The van der Waals surface area contributed by atoms with Crippen LogP contribution in [-0.2, 0) is 0 Å². The number of hydrogen-bond acceptors (Lipinski definition) is 2. The van der Waals surface area contributed by atoms with E-state index in [-0.39, 0.29) is 5.75 Å². The number of phenolic OH excluding ortho intramolecular Hbond substituents is 1. The fraction of sp³-hybridized carbons (Fsp3) is 0.0714. The molecule has 0 amide bonds. The van der Waals surface area contributed by atoms with Crippen LogP contribution in [0.15, 0.2) is 42.6 Å². The number of aryl methyl sites for hydroxylation is 1. The second-order valence-electron chi connectivity index (χ2n) is 4.24. The summed E-state index contributed by atoms with van der Waals surface area (Å²) >= 11 is 6.14. The van der Waals surface area contributed by atoms with Gasteiger partial charge >= 0.3 is 0 Å². The van der Waals surface area contributed by atoms with Crippen LogP contribution < -0.4 is 0 Å². The molecule has 3 aromatic rings. The molecule has 0 aliphatic heterocycles. The van der Waals surface area contributed by atoms with Gasteiger partial charge in [-0.3, -0.25) is 4.40 Å². The van der Waals surface area contributed by atoms with Crippen molar-refractivity contribution in [2.75, 3.05) is 0 Å². The normalized spacial score (nSPS) is 11.0. The van der Waals surface area contributed by atoms with Gasteiger partial charge in [-0.15, -0.1) is 0 Å². The van der Waals surface area contributed by atoms with Crippen LogP contribution in [0.1, 0.15) is 5.56 Å². The quantitative estimate of drug-likeness (QED) is 0.723. The lowest BCUT2D eigenvalue weighted by Crippen LogP contribution is -1.89. The number of nitrogens with zero attached hydrogens (tertiary/aromatic N) is 2. The molecule has 2 aromatic heterocycles. The van der Waals surface area contributed by atoms with Gasteiger partial charge in [-0.05, 0) is 36.8 Å². The molecule has 0 saturated carbocycles. The van der Waals surface area contributed by atoms with Gasteiger partial charge < -0.3 is 5.11 Å². The van der Waals surface area contributed by atoms with E-state index in [2.05, 4.69) is 4.98 Å². The highest BCUT2D eigenvalue weighted by Gasteiger charge is 2.11. The predicted molar refractivity (Wildman–Crippen MR) is 72.0 cm³/mol. The van der Waals surface area contributed by atoms with Crippen LogP contribution in [0.2, 0.25) is 5.15 Å². The smallest absolute Gasteiger partial charge is 0.155 e. The van der Waals surface area contributed by atoms with Gasteiger partial charge in [-0.2, -0.15) is 0 Å². The van der Waals surface area contributed by atoms with Crippen LogP contribution in [0.3, 0.4) is 0 Å². The SMILES string of the molecule is Cc1ccn2c(-c3cccc(O)c3)nc(Cl)c2c1. The molecule has 90 valence electrons. The summed E-state index contributed by atoms with van der Waals surface area (Å²) in [7, 11) is 0. The molecule has 0 fully saturated rings. The highest BCUT2D eigenvalue weighted by atomic mass is 35.5. The third-order valence-electron chi connectivity index (χ3n) is 2.86. The first-order valence-electron chi connectivity index (χ1n) is 5.59. The van der Waals surface area contributed by atoms with E-state index in [9.17, 15) is 5.11 Å². The van der Waals surface area contributed by atoms with E-state index in [4.69, 9.17) is 11.6 Å². The van der Waals surface area contributed by atoms with E-state index in [1.807, 2.05) is 35.7 Å². The van der Waals surface area contributed by atoms with Gasteiger partial charge in [-0.1, -0.05) is 23.7 Å². The number of hydrogen-bond donors (Lipinski definition) is 1. The first-order chi connectivity index (χ1) is 8.65. The Hall–Kier alpha value is -2.00. The summed E-state index contributed by atoms with van der Waals surface area (Å²) < 4.78 is 1.92. The number of imidazole rings is 1. The summed E-state index contributed by atoms with van der Waals surface area (Å²) in [4.78, 5) is 4.36. The molecule has 0 aliphatic carbocycles. The number of rotatable bonds is 1. The fourth-order valence-corrected chi connectivity index (χ4v) is 2.23. The first-order valence-corrected chi connectivity index (χ1v) is 5.96. The molecule has 0 radical (unpaired) electrons. The Bertz CT molecular complexity index is 734. The molecule has 2 heterocycles. The lowest BCUT2D eigenvalue weighted by molar-refractivity contribution is 0.475. The summed E-state index contributed by atoms with van der Waals surface area (Å²) in [6, 6.07) is 11.0. The summed E-state index contributed by atoms with van der Waals surface area (Å²) in [5, 5.41) is 10.00. The van der Waals surface area contributed by atoms with E-state index < -0.39 is 0 Å². The standard InChI is InChI=1S/C14H11ClN2O/c1-9-5-6-17-12(7-9)13(15)16-14(17)10-3-2-4-11(18)8-10/h2-8,18H,1H3. The van der Waals surface area contributed by atoms with Crippen molar-refractivity contribution in [3.05, 3.63) is 53.3 Å². The summed E-state index contributed by atoms with van der Waals surface area (Å²) in [5.74, 6) is 0.943. The minimum absolute atomic E-state index is 0.215. The molecular formula is C14H11ClN2O. The Morgan fingerprint density at radius 1 is 1.22 bits per heavy atom. The molecule has 4 heteroatoms. The van der Waals surface area contributed by atoms with Gasteiger partial charge in [0.05, 0.1) is 5.52 Å². The lowest BCUT2D eigenvalue weighted by atomic mass is 10.2. The number of aromatic nitrogens is 2. The molecule has 0 aliphatic rings. The van der Waals surface area contributed by atoms with Gasteiger partial charge in [0.25, 0.3) is 0 Å². The third kappa shape index (κ3) is 1.73. The highest BCUT2D eigenvalue weighted by molar-refractivity contribution is 6.32. The lowest BCUT2D eigenvalue weighted by Gasteiger charge is -2.02. The average Bonchev–Trinajstić information content (AvgIpc) is 2.67. The molecular weight excluding hydrogens is 248 g/mol. The summed E-state index contributed by atoms with van der Waals surface area (Å²) in [6.45, 7) is 2.01. The zero-order valence-electron chi connectivity index (χ0n) is 9.76. The largest absolute Gasteiger partial charge is 0.508 e. The van der Waals surface area contributed by atoms with Crippen molar-refractivity contribution >= 4 is 17.1 Å². The van der Waals surface area contributed by atoms with E-state index in [1.54, 1.807) is 18.2 Å². The number of phenols is 1. The van der Waals surface area contributed by atoms with Gasteiger partial charge in [0.1, 0.15) is 11.6 Å². The number of benzene rings is 1. The maximum absolute atomic E-state index is 9.53. The topological polar surface area (TPSA) is 37.5 Å². The minimum atomic E-state index is 0.215. The van der Waals surface area contributed by atoms with E-state index in [1.165, 1.54) is 0 Å². The average molecular weight is 259 g/mol. The number of halogens is 1. The van der Waals surface area contributed by atoms with Crippen LogP contribution in [0.4, 0.5) is 0 Å². The molecule has 18 heavy (non-hydrogen) atoms. The van der Waals surface area contributed by atoms with Gasteiger partial charge in [0.2, 0.25) is 0 Å². The summed E-state index contributed by atoms with van der Waals surface area (Å²) in [5.41, 5.74) is 2.84.